The number of benzene rings is 1. The van der Waals surface area contributed by atoms with Crippen molar-refractivity contribution in [1.82, 2.24) is 0 Å². The Hall–Kier alpha value is -1.82. The Balaban J connectivity index is 1.99. The summed E-state index contributed by atoms with van der Waals surface area (Å²) in [5, 5.41) is 9.12. The average molecular weight is 226 g/mol. The van der Waals surface area contributed by atoms with Crippen LogP contribution in [0.15, 0.2) is 24.3 Å². The minimum atomic E-state index is -0.717. The molecule has 3 rings (SSSR count). The minimum absolute atomic E-state index is 0.00236. The molecule has 0 radical (unpaired) electrons. The number of para-hydroxylation sites is 1. The Kier molecular flexibility index (Phi) is 2.03. The van der Waals surface area contributed by atoms with E-state index in [1.165, 1.54) is 5.56 Å². The van der Waals surface area contributed by atoms with Gasteiger partial charge in [-0.1, -0.05) is 18.2 Å². The van der Waals surface area contributed by atoms with Gasteiger partial charge in [-0.05, 0) is 37.8 Å². The van der Waals surface area contributed by atoms with Crippen LogP contribution in [0.25, 0.3) is 0 Å². The molecule has 1 saturated carbocycles. The van der Waals surface area contributed by atoms with Gasteiger partial charge >= 0.3 is 0 Å². The van der Waals surface area contributed by atoms with Crippen molar-refractivity contribution < 1.29 is 4.79 Å². The van der Waals surface area contributed by atoms with E-state index in [9.17, 15) is 4.79 Å². The van der Waals surface area contributed by atoms with E-state index in [0.717, 1.165) is 12.1 Å². The molecule has 2 aliphatic rings. The molecule has 1 heterocycles. The summed E-state index contributed by atoms with van der Waals surface area (Å²) in [5.74, 6) is -0.00236. The van der Waals surface area contributed by atoms with Crippen LogP contribution in [0.5, 0.6) is 0 Å². The fraction of sp³-hybridized carbons (Fsp3) is 0.429. The van der Waals surface area contributed by atoms with Gasteiger partial charge in [-0.15, -0.1) is 0 Å². The number of hydrogen-bond acceptors (Lipinski definition) is 2. The Bertz CT molecular complexity index is 525. The van der Waals surface area contributed by atoms with Crippen molar-refractivity contribution >= 4 is 11.6 Å². The summed E-state index contributed by atoms with van der Waals surface area (Å²) in [5.41, 5.74) is 1.49. The van der Waals surface area contributed by atoms with E-state index in [2.05, 4.69) is 12.1 Å². The lowest BCUT2D eigenvalue weighted by molar-refractivity contribution is -0.122. The maximum absolute atomic E-state index is 12.4. The second-order valence-electron chi connectivity index (χ2n) is 5.05. The molecule has 3 nitrogen and oxygen atoms in total. The first-order valence-electron chi connectivity index (χ1n) is 6.01. The van der Waals surface area contributed by atoms with Crippen LogP contribution in [0.2, 0.25) is 0 Å². The summed E-state index contributed by atoms with van der Waals surface area (Å²) in [6.07, 6.45) is 2.32. The zero-order valence-corrected chi connectivity index (χ0v) is 9.81. The van der Waals surface area contributed by atoms with Crippen LogP contribution in [-0.4, -0.2) is 11.9 Å². The SMILES string of the molecule is CC1Cc2ccccc2N1C(=O)C1(C#N)CC1. The smallest absolute Gasteiger partial charge is 0.247 e. The minimum Gasteiger partial charge on any atom is -0.308 e. The van der Waals surface area contributed by atoms with Gasteiger partial charge in [0.1, 0.15) is 5.41 Å². The second-order valence-corrected chi connectivity index (χ2v) is 5.05. The predicted molar refractivity (Wildman–Crippen MR) is 64.4 cm³/mol. The first-order chi connectivity index (χ1) is 8.18. The van der Waals surface area contributed by atoms with Crippen molar-refractivity contribution in [2.24, 2.45) is 5.41 Å². The molecule has 1 unspecified atom stereocenters. The lowest BCUT2D eigenvalue weighted by Crippen LogP contribution is -2.40. The molecule has 1 aromatic rings. The largest absolute Gasteiger partial charge is 0.308 e. The van der Waals surface area contributed by atoms with E-state index < -0.39 is 5.41 Å². The third kappa shape index (κ3) is 1.37. The molecule has 1 amide bonds. The third-order valence-corrected chi connectivity index (χ3v) is 3.80. The molecule has 1 aliphatic heterocycles. The monoisotopic (exact) mass is 226 g/mol. The van der Waals surface area contributed by atoms with Gasteiger partial charge < -0.3 is 4.90 Å². The first kappa shape index (κ1) is 10.3. The molecule has 1 atom stereocenters. The van der Waals surface area contributed by atoms with Crippen molar-refractivity contribution in [2.45, 2.75) is 32.2 Å². The Morgan fingerprint density at radius 2 is 2.18 bits per heavy atom. The number of rotatable bonds is 1. The molecule has 1 aromatic carbocycles. The van der Waals surface area contributed by atoms with Crippen molar-refractivity contribution in [3.05, 3.63) is 29.8 Å². The van der Waals surface area contributed by atoms with Crippen molar-refractivity contribution in [2.75, 3.05) is 4.90 Å². The number of nitriles is 1. The molecule has 0 saturated heterocycles. The van der Waals surface area contributed by atoms with Crippen LogP contribution in [0.4, 0.5) is 5.69 Å². The van der Waals surface area contributed by atoms with Gasteiger partial charge in [0.2, 0.25) is 5.91 Å². The lowest BCUT2D eigenvalue weighted by atomic mass is 10.1. The quantitative estimate of drug-likeness (QED) is 0.737. The van der Waals surface area contributed by atoms with Crippen LogP contribution < -0.4 is 4.90 Å². The predicted octanol–water partition coefficient (Wildman–Crippen LogP) is 2.27. The molecule has 3 heteroatoms. The third-order valence-electron chi connectivity index (χ3n) is 3.80. The zero-order chi connectivity index (χ0) is 12.0. The summed E-state index contributed by atoms with van der Waals surface area (Å²) in [4.78, 5) is 14.3. The fourth-order valence-electron chi connectivity index (χ4n) is 2.60. The zero-order valence-electron chi connectivity index (χ0n) is 9.81. The molecule has 86 valence electrons. The van der Waals surface area contributed by atoms with Gasteiger partial charge in [-0.2, -0.15) is 5.26 Å². The van der Waals surface area contributed by atoms with Crippen LogP contribution in [0, 0.1) is 16.7 Å². The highest BCUT2D eigenvalue weighted by Gasteiger charge is 2.54. The normalized spacial score (nSPS) is 24.0. The van der Waals surface area contributed by atoms with Gasteiger partial charge in [0.05, 0.1) is 6.07 Å². The number of carbonyl (C=O) groups excluding carboxylic acids is 1. The summed E-state index contributed by atoms with van der Waals surface area (Å²) >= 11 is 0. The molecule has 0 spiro atoms. The van der Waals surface area contributed by atoms with Crippen molar-refractivity contribution in [3.8, 4) is 6.07 Å². The average Bonchev–Trinajstić information content (AvgIpc) is 3.06. The van der Waals surface area contributed by atoms with Gasteiger partial charge in [-0.25, -0.2) is 0 Å². The Morgan fingerprint density at radius 1 is 1.47 bits per heavy atom. The molecule has 0 N–H and O–H groups in total. The highest BCUT2D eigenvalue weighted by Crippen LogP contribution is 2.48. The van der Waals surface area contributed by atoms with E-state index in [1.54, 1.807) is 0 Å². The maximum Gasteiger partial charge on any atom is 0.247 e. The summed E-state index contributed by atoms with van der Waals surface area (Å²) in [6.45, 7) is 2.05. The molecular formula is C14H14N2O. The highest BCUT2D eigenvalue weighted by molar-refractivity contribution is 6.03. The Morgan fingerprint density at radius 3 is 2.82 bits per heavy atom. The molecule has 1 aliphatic carbocycles. The summed E-state index contributed by atoms with van der Waals surface area (Å²) in [7, 11) is 0. The fourth-order valence-corrected chi connectivity index (χ4v) is 2.60. The van der Waals surface area contributed by atoms with Gasteiger partial charge in [0, 0.05) is 11.7 Å². The van der Waals surface area contributed by atoms with Crippen molar-refractivity contribution in [3.63, 3.8) is 0 Å². The summed E-state index contributed by atoms with van der Waals surface area (Å²) in [6, 6.07) is 10.3. The van der Waals surface area contributed by atoms with Gasteiger partial charge in [0.25, 0.3) is 0 Å². The van der Waals surface area contributed by atoms with Crippen LogP contribution in [0.1, 0.15) is 25.3 Å². The number of hydrogen-bond donors (Lipinski definition) is 0. The van der Waals surface area contributed by atoms with E-state index in [4.69, 9.17) is 5.26 Å². The van der Waals surface area contributed by atoms with E-state index >= 15 is 0 Å². The summed E-state index contributed by atoms with van der Waals surface area (Å²) < 4.78 is 0. The standard InChI is InChI=1S/C14H14N2O/c1-10-8-11-4-2-3-5-12(11)16(10)13(17)14(9-15)6-7-14/h2-5,10H,6-8H2,1H3. The highest BCUT2D eigenvalue weighted by atomic mass is 16.2. The van der Waals surface area contributed by atoms with Crippen molar-refractivity contribution in [1.29, 1.82) is 5.26 Å². The topological polar surface area (TPSA) is 44.1 Å². The first-order valence-corrected chi connectivity index (χ1v) is 6.01. The molecule has 1 fully saturated rings. The molecule has 17 heavy (non-hydrogen) atoms. The van der Waals surface area contributed by atoms with Gasteiger partial charge in [-0.3, -0.25) is 4.79 Å². The maximum atomic E-state index is 12.4. The second kappa shape index (κ2) is 3.33. The molecule has 0 bridgehead atoms. The van der Waals surface area contributed by atoms with E-state index in [-0.39, 0.29) is 11.9 Å². The number of amides is 1. The van der Waals surface area contributed by atoms with E-state index in [1.807, 2.05) is 30.0 Å². The lowest BCUT2D eigenvalue weighted by Gasteiger charge is -2.24. The number of fused-ring (bicyclic) bond motifs is 1. The number of nitrogens with zero attached hydrogens (tertiary/aromatic N) is 2. The van der Waals surface area contributed by atoms with Crippen LogP contribution in [-0.2, 0) is 11.2 Å². The Labute approximate surface area is 101 Å². The van der Waals surface area contributed by atoms with Crippen LogP contribution >= 0.6 is 0 Å². The van der Waals surface area contributed by atoms with E-state index in [0.29, 0.717) is 12.8 Å². The van der Waals surface area contributed by atoms with Gasteiger partial charge in [0.15, 0.2) is 0 Å². The molecule has 0 aromatic heterocycles. The van der Waals surface area contributed by atoms with Crippen LogP contribution in [0.3, 0.4) is 0 Å². The number of anilines is 1. The number of carbonyl (C=O) groups is 1. The molecular weight excluding hydrogens is 212 g/mol.